The van der Waals surface area contributed by atoms with Crippen molar-refractivity contribution in [3.8, 4) is 0 Å². The zero-order valence-electron chi connectivity index (χ0n) is 19.8. The van der Waals surface area contributed by atoms with Crippen LogP contribution in [0.2, 0.25) is 0 Å². The maximum Gasteiger partial charge on any atom is 0.323 e. The van der Waals surface area contributed by atoms with Gasteiger partial charge in [-0.1, -0.05) is 57.7 Å². The molecule has 0 fully saturated rings. The van der Waals surface area contributed by atoms with Crippen molar-refractivity contribution < 1.29 is 14.6 Å². The van der Waals surface area contributed by atoms with Crippen molar-refractivity contribution >= 4 is 40.5 Å². The third-order valence-corrected chi connectivity index (χ3v) is 6.37. The molecule has 3 rings (SSSR count). The summed E-state index contributed by atoms with van der Waals surface area (Å²) >= 11 is 1.11. The van der Waals surface area contributed by atoms with Gasteiger partial charge in [0, 0.05) is 22.3 Å². The van der Waals surface area contributed by atoms with E-state index in [1.54, 1.807) is 24.3 Å². The number of carbonyl (C=O) groups excluding carboxylic acids is 1. The molecule has 0 bridgehead atoms. The Bertz CT molecular complexity index is 1230. The lowest BCUT2D eigenvalue weighted by Gasteiger charge is -2.20. The Kier molecular flexibility index (Phi) is 8.08. The molecule has 9 nitrogen and oxygen atoms in total. The van der Waals surface area contributed by atoms with Crippen molar-refractivity contribution in [1.82, 2.24) is 0 Å². The van der Waals surface area contributed by atoms with E-state index in [4.69, 9.17) is 0 Å². The number of urea groups is 1. The molecule has 0 spiro atoms. The number of nitrogens with one attached hydrogen (secondary N) is 2. The lowest BCUT2D eigenvalue weighted by molar-refractivity contribution is -0.396. The first-order valence-corrected chi connectivity index (χ1v) is 11.8. The van der Waals surface area contributed by atoms with E-state index in [0.717, 1.165) is 34.6 Å². The Morgan fingerprint density at radius 2 is 1.43 bits per heavy atom. The summed E-state index contributed by atoms with van der Waals surface area (Å²) < 4.78 is 0. The standard InChI is InChI=1S/C25H26N4O5S/c1-15(2)20-6-5-7-21(16(3)4)24(20)27-25(30)26-17-8-11-19(12-9-17)35-23-13-10-18(28(31)32)14-22(23)29(33)34/h5-16H,1-4H3,(H2,26,27,30). The Morgan fingerprint density at radius 1 is 0.829 bits per heavy atom. The summed E-state index contributed by atoms with van der Waals surface area (Å²) in [5.41, 5.74) is 2.80. The van der Waals surface area contributed by atoms with Crippen LogP contribution in [0.1, 0.15) is 50.7 Å². The number of amides is 2. The van der Waals surface area contributed by atoms with Crippen molar-refractivity contribution in [3.05, 3.63) is 92.0 Å². The van der Waals surface area contributed by atoms with Gasteiger partial charge >= 0.3 is 6.03 Å². The molecule has 0 unspecified atom stereocenters. The van der Waals surface area contributed by atoms with E-state index in [2.05, 4.69) is 38.3 Å². The summed E-state index contributed by atoms with van der Waals surface area (Å²) in [6, 6.07) is 16.0. The average molecular weight is 495 g/mol. The topological polar surface area (TPSA) is 127 Å². The van der Waals surface area contributed by atoms with Gasteiger partial charge in [0.25, 0.3) is 11.4 Å². The van der Waals surface area contributed by atoms with Gasteiger partial charge < -0.3 is 10.6 Å². The maximum atomic E-state index is 12.8. The van der Waals surface area contributed by atoms with Gasteiger partial charge in [-0.15, -0.1) is 0 Å². The monoisotopic (exact) mass is 494 g/mol. The number of hydrogen-bond donors (Lipinski definition) is 2. The van der Waals surface area contributed by atoms with Crippen LogP contribution in [0, 0.1) is 20.2 Å². The zero-order valence-corrected chi connectivity index (χ0v) is 20.6. The number of nitro groups is 2. The molecule has 0 atom stereocenters. The zero-order chi connectivity index (χ0) is 25.7. The van der Waals surface area contributed by atoms with Crippen LogP contribution in [-0.2, 0) is 0 Å². The minimum atomic E-state index is -0.670. The number of rotatable bonds is 8. The molecule has 0 aliphatic carbocycles. The predicted octanol–water partition coefficient (Wildman–Crippen LogP) is 7.55. The highest BCUT2D eigenvalue weighted by Crippen LogP contribution is 2.37. The van der Waals surface area contributed by atoms with Gasteiger partial charge in [-0.3, -0.25) is 20.2 Å². The van der Waals surface area contributed by atoms with Crippen molar-refractivity contribution in [3.63, 3.8) is 0 Å². The van der Waals surface area contributed by atoms with Crippen molar-refractivity contribution in [2.24, 2.45) is 0 Å². The van der Waals surface area contributed by atoms with Crippen LogP contribution in [0.5, 0.6) is 0 Å². The summed E-state index contributed by atoms with van der Waals surface area (Å²) in [6.45, 7) is 8.31. The minimum absolute atomic E-state index is 0.240. The molecule has 182 valence electrons. The molecule has 3 aromatic carbocycles. The molecule has 2 amide bonds. The fourth-order valence-electron chi connectivity index (χ4n) is 3.55. The van der Waals surface area contributed by atoms with Gasteiger partial charge in [0.15, 0.2) is 0 Å². The van der Waals surface area contributed by atoms with Crippen LogP contribution in [-0.4, -0.2) is 15.9 Å². The van der Waals surface area contributed by atoms with Crippen molar-refractivity contribution in [2.45, 2.75) is 49.3 Å². The van der Waals surface area contributed by atoms with Crippen LogP contribution in [0.3, 0.4) is 0 Å². The number of anilines is 2. The average Bonchev–Trinajstić information content (AvgIpc) is 2.80. The van der Waals surface area contributed by atoms with Gasteiger partial charge in [-0.05, 0) is 53.3 Å². The molecule has 0 radical (unpaired) electrons. The number of para-hydroxylation sites is 1. The van der Waals surface area contributed by atoms with Gasteiger partial charge in [-0.2, -0.15) is 0 Å². The fraction of sp³-hybridized carbons (Fsp3) is 0.240. The van der Waals surface area contributed by atoms with E-state index in [-0.39, 0.29) is 34.1 Å². The van der Waals surface area contributed by atoms with Crippen LogP contribution < -0.4 is 10.6 Å². The second-order valence-electron chi connectivity index (χ2n) is 8.49. The van der Waals surface area contributed by atoms with Gasteiger partial charge in [0.05, 0.1) is 20.8 Å². The number of nitrogens with zero attached hydrogens (tertiary/aromatic N) is 2. The Labute approximate surface area is 207 Å². The SMILES string of the molecule is CC(C)c1cccc(C(C)C)c1NC(=O)Nc1ccc(Sc2ccc([N+](=O)[O-])cc2[N+](=O)[O-])cc1. The van der Waals surface area contributed by atoms with Crippen molar-refractivity contribution in [1.29, 1.82) is 0 Å². The molecule has 0 aliphatic rings. The van der Waals surface area contributed by atoms with E-state index in [1.165, 1.54) is 12.1 Å². The number of benzene rings is 3. The van der Waals surface area contributed by atoms with E-state index >= 15 is 0 Å². The Hall–Kier alpha value is -3.92. The first kappa shape index (κ1) is 25.7. The third-order valence-electron chi connectivity index (χ3n) is 5.30. The van der Waals surface area contributed by atoms with Gasteiger partial charge in [-0.25, -0.2) is 4.79 Å². The highest BCUT2D eigenvalue weighted by Gasteiger charge is 2.20. The van der Waals surface area contributed by atoms with Crippen molar-refractivity contribution in [2.75, 3.05) is 10.6 Å². The van der Waals surface area contributed by atoms with E-state index in [1.807, 2.05) is 18.2 Å². The van der Waals surface area contributed by atoms with Gasteiger partial charge in [0.1, 0.15) is 0 Å². The first-order valence-electron chi connectivity index (χ1n) is 11.0. The number of nitro benzene ring substituents is 2. The summed E-state index contributed by atoms with van der Waals surface area (Å²) in [4.78, 5) is 34.7. The molecular formula is C25H26N4O5S. The molecule has 0 saturated carbocycles. The first-order chi connectivity index (χ1) is 16.6. The predicted molar refractivity (Wildman–Crippen MR) is 138 cm³/mol. The summed E-state index contributed by atoms with van der Waals surface area (Å²) in [7, 11) is 0. The molecule has 0 aromatic heterocycles. The summed E-state index contributed by atoms with van der Waals surface area (Å²) in [6.07, 6.45) is 0. The number of non-ortho nitro benzene ring substituents is 1. The summed E-state index contributed by atoms with van der Waals surface area (Å²) in [5, 5.41) is 28.1. The third kappa shape index (κ3) is 6.36. The molecule has 35 heavy (non-hydrogen) atoms. The van der Waals surface area contributed by atoms with E-state index in [9.17, 15) is 25.0 Å². The Balaban J connectivity index is 1.74. The largest absolute Gasteiger partial charge is 0.323 e. The molecule has 0 heterocycles. The van der Waals surface area contributed by atoms with E-state index < -0.39 is 9.85 Å². The van der Waals surface area contributed by atoms with Crippen LogP contribution in [0.4, 0.5) is 27.5 Å². The quantitative estimate of drug-likeness (QED) is 0.246. The second-order valence-corrected chi connectivity index (χ2v) is 9.61. The lowest BCUT2D eigenvalue weighted by atomic mass is 9.93. The molecule has 3 aromatic rings. The second kappa shape index (κ2) is 11.0. The molecule has 0 saturated heterocycles. The summed E-state index contributed by atoms with van der Waals surface area (Å²) in [5.74, 6) is 0.479. The molecular weight excluding hydrogens is 468 g/mol. The number of carbonyl (C=O) groups is 1. The van der Waals surface area contributed by atoms with Crippen LogP contribution in [0.15, 0.2) is 70.5 Å². The Morgan fingerprint density at radius 3 is 1.94 bits per heavy atom. The highest BCUT2D eigenvalue weighted by atomic mass is 32.2. The fourth-order valence-corrected chi connectivity index (χ4v) is 4.45. The van der Waals surface area contributed by atoms with Crippen LogP contribution in [0.25, 0.3) is 0 Å². The minimum Gasteiger partial charge on any atom is -0.308 e. The number of hydrogen-bond acceptors (Lipinski definition) is 6. The lowest BCUT2D eigenvalue weighted by Crippen LogP contribution is -2.21. The maximum absolute atomic E-state index is 12.8. The van der Waals surface area contributed by atoms with E-state index in [0.29, 0.717) is 10.6 Å². The normalized spacial score (nSPS) is 10.9. The van der Waals surface area contributed by atoms with Crippen LogP contribution >= 0.6 is 11.8 Å². The molecule has 10 heteroatoms. The highest BCUT2D eigenvalue weighted by molar-refractivity contribution is 7.99. The van der Waals surface area contributed by atoms with Gasteiger partial charge in [0.2, 0.25) is 0 Å². The molecule has 0 aliphatic heterocycles. The molecule has 2 N–H and O–H groups in total. The smallest absolute Gasteiger partial charge is 0.308 e.